The van der Waals surface area contributed by atoms with Crippen molar-refractivity contribution in [3.05, 3.63) is 22.4 Å². The predicted molar refractivity (Wildman–Crippen MR) is 59.4 cm³/mol. The van der Waals surface area contributed by atoms with Crippen molar-refractivity contribution in [2.75, 3.05) is 0 Å². The van der Waals surface area contributed by atoms with E-state index in [1.165, 1.54) is 24.1 Å². The number of alkyl halides is 1. The van der Waals surface area contributed by atoms with Crippen LogP contribution >= 0.6 is 22.9 Å². The monoisotopic (exact) mass is 214 g/mol. The lowest BCUT2D eigenvalue weighted by molar-refractivity contribution is 0.408. The van der Waals surface area contributed by atoms with Gasteiger partial charge in [-0.3, -0.25) is 0 Å². The summed E-state index contributed by atoms with van der Waals surface area (Å²) in [5.41, 5.74) is 0. The fraction of sp³-hybridized carbons (Fsp3) is 0.636. The first-order valence-electron chi connectivity index (χ1n) is 4.96. The van der Waals surface area contributed by atoms with E-state index in [9.17, 15) is 0 Å². The van der Waals surface area contributed by atoms with Gasteiger partial charge in [-0.15, -0.1) is 22.9 Å². The third kappa shape index (κ3) is 1.92. The van der Waals surface area contributed by atoms with Gasteiger partial charge in [-0.2, -0.15) is 0 Å². The van der Waals surface area contributed by atoms with Gasteiger partial charge < -0.3 is 0 Å². The van der Waals surface area contributed by atoms with E-state index in [1.807, 2.05) is 0 Å². The molecule has 1 heterocycles. The number of hydrogen-bond donors (Lipinski definition) is 0. The molecule has 1 aromatic rings. The molecule has 72 valence electrons. The van der Waals surface area contributed by atoms with Crippen LogP contribution in [0.5, 0.6) is 0 Å². The van der Waals surface area contributed by atoms with Crippen LogP contribution < -0.4 is 0 Å². The third-order valence-corrected chi connectivity index (χ3v) is 4.76. The van der Waals surface area contributed by atoms with E-state index in [2.05, 4.69) is 24.4 Å². The van der Waals surface area contributed by atoms with Gasteiger partial charge in [0.1, 0.15) is 0 Å². The first-order chi connectivity index (χ1) is 6.29. The summed E-state index contributed by atoms with van der Waals surface area (Å²) in [6.45, 7) is 2.33. The van der Waals surface area contributed by atoms with Crippen molar-refractivity contribution in [3.8, 4) is 0 Å². The number of halogens is 1. The summed E-state index contributed by atoms with van der Waals surface area (Å²) in [5.74, 6) is 1.52. The Labute approximate surface area is 88.9 Å². The molecular formula is C11H15ClS. The van der Waals surface area contributed by atoms with Crippen LogP contribution in [0.2, 0.25) is 0 Å². The molecule has 1 aromatic heterocycles. The van der Waals surface area contributed by atoms with Gasteiger partial charge in [-0.25, -0.2) is 0 Å². The van der Waals surface area contributed by atoms with E-state index in [0.29, 0.717) is 5.92 Å². The van der Waals surface area contributed by atoms with Crippen LogP contribution in [-0.2, 0) is 0 Å². The van der Waals surface area contributed by atoms with Crippen molar-refractivity contribution in [2.45, 2.75) is 31.6 Å². The Balaban J connectivity index is 2.08. The molecule has 1 aliphatic carbocycles. The molecule has 0 radical (unpaired) electrons. The minimum Gasteiger partial charge on any atom is -0.147 e. The van der Waals surface area contributed by atoms with Crippen LogP contribution in [0.15, 0.2) is 17.5 Å². The maximum Gasteiger partial charge on any atom is 0.0709 e. The average Bonchev–Trinajstić information content (AvgIpc) is 2.72. The Bertz CT molecular complexity index is 255. The van der Waals surface area contributed by atoms with Gasteiger partial charge in [0.15, 0.2) is 0 Å². The number of hydrogen-bond acceptors (Lipinski definition) is 1. The molecule has 1 saturated carbocycles. The van der Waals surface area contributed by atoms with Gasteiger partial charge in [-0.05, 0) is 29.7 Å². The summed E-state index contributed by atoms with van der Waals surface area (Å²) in [5, 5.41) is 2.38. The van der Waals surface area contributed by atoms with Gasteiger partial charge in [0.2, 0.25) is 0 Å². The van der Waals surface area contributed by atoms with Crippen LogP contribution in [0.4, 0.5) is 0 Å². The molecule has 3 atom stereocenters. The molecule has 0 N–H and O–H groups in total. The molecule has 0 aromatic carbocycles. The highest BCUT2D eigenvalue weighted by Gasteiger charge is 2.30. The standard InChI is InChI=1S/C11H15ClS/c1-8-4-2-5-9(8)11(12)10-6-3-7-13-10/h3,6-9,11H,2,4-5H2,1H3. The zero-order chi connectivity index (χ0) is 9.26. The molecule has 1 aliphatic rings. The second-order valence-electron chi connectivity index (χ2n) is 3.99. The molecule has 3 unspecified atom stereocenters. The van der Waals surface area contributed by atoms with Crippen LogP contribution in [0, 0.1) is 11.8 Å². The zero-order valence-electron chi connectivity index (χ0n) is 7.87. The van der Waals surface area contributed by atoms with Crippen LogP contribution in [-0.4, -0.2) is 0 Å². The van der Waals surface area contributed by atoms with Gasteiger partial charge in [0.25, 0.3) is 0 Å². The minimum atomic E-state index is 0.262. The molecule has 0 saturated heterocycles. The largest absolute Gasteiger partial charge is 0.147 e. The molecule has 0 spiro atoms. The molecule has 1 fully saturated rings. The number of thiophene rings is 1. The van der Waals surface area contributed by atoms with Gasteiger partial charge in [0.05, 0.1) is 5.38 Å². The molecule has 2 rings (SSSR count). The van der Waals surface area contributed by atoms with Crippen molar-refractivity contribution in [3.63, 3.8) is 0 Å². The van der Waals surface area contributed by atoms with Gasteiger partial charge in [0, 0.05) is 4.88 Å². The molecule has 0 nitrogen and oxygen atoms in total. The zero-order valence-corrected chi connectivity index (χ0v) is 9.44. The highest BCUT2D eigenvalue weighted by Crippen LogP contribution is 2.44. The lowest BCUT2D eigenvalue weighted by Crippen LogP contribution is -2.09. The Morgan fingerprint density at radius 2 is 2.38 bits per heavy atom. The lowest BCUT2D eigenvalue weighted by atomic mass is 9.93. The summed E-state index contributed by atoms with van der Waals surface area (Å²) in [7, 11) is 0. The second-order valence-corrected chi connectivity index (χ2v) is 5.44. The smallest absolute Gasteiger partial charge is 0.0709 e. The van der Waals surface area contributed by atoms with E-state index >= 15 is 0 Å². The van der Waals surface area contributed by atoms with Crippen molar-refractivity contribution >= 4 is 22.9 Å². The summed E-state index contributed by atoms with van der Waals surface area (Å²) >= 11 is 8.25. The fourth-order valence-corrected chi connectivity index (χ4v) is 3.65. The van der Waals surface area contributed by atoms with Crippen molar-refractivity contribution in [2.24, 2.45) is 11.8 Å². The minimum absolute atomic E-state index is 0.262. The third-order valence-electron chi connectivity index (χ3n) is 3.12. The lowest BCUT2D eigenvalue weighted by Gasteiger charge is -2.20. The molecular weight excluding hydrogens is 200 g/mol. The van der Waals surface area contributed by atoms with E-state index in [4.69, 9.17) is 11.6 Å². The van der Waals surface area contributed by atoms with E-state index in [-0.39, 0.29) is 5.38 Å². The average molecular weight is 215 g/mol. The number of rotatable bonds is 2. The molecule has 2 heteroatoms. The van der Waals surface area contributed by atoms with Crippen LogP contribution in [0.3, 0.4) is 0 Å². The summed E-state index contributed by atoms with van der Waals surface area (Å²) < 4.78 is 0. The Kier molecular flexibility index (Phi) is 2.95. The van der Waals surface area contributed by atoms with E-state index < -0.39 is 0 Å². The topological polar surface area (TPSA) is 0 Å². The Morgan fingerprint density at radius 1 is 1.54 bits per heavy atom. The Hall–Kier alpha value is -0.0100. The first kappa shape index (κ1) is 9.54. The summed E-state index contributed by atoms with van der Waals surface area (Å²) in [4.78, 5) is 1.35. The first-order valence-corrected chi connectivity index (χ1v) is 6.28. The predicted octanol–water partition coefficient (Wildman–Crippen LogP) is 4.46. The Morgan fingerprint density at radius 3 is 2.92 bits per heavy atom. The van der Waals surface area contributed by atoms with Crippen molar-refractivity contribution in [1.82, 2.24) is 0 Å². The maximum atomic E-state index is 6.46. The maximum absolute atomic E-state index is 6.46. The van der Waals surface area contributed by atoms with Gasteiger partial charge >= 0.3 is 0 Å². The molecule has 0 bridgehead atoms. The van der Waals surface area contributed by atoms with E-state index in [1.54, 1.807) is 11.3 Å². The van der Waals surface area contributed by atoms with Crippen LogP contribution in [0.1, 0.15) is 36.4 Å². The highest BCUT2D eigenvalue weighted by atomic mass is 35.5. The second kappa shape index (κ2) is 4.02. The van der Waals surface area contributed by atoms with Crippen molar-refractivity contribution < 1.29 is 0 Å². The van der Waals surface area contributed by atoms with Crippen LogP contribution in [0.25, 0.3) is 0 Å². The molecule has 0 amide bonds. The summed E-state index contributed by atoms with van der Waals surface area (Å²) in [6.07, 6.45) is 4.03. The van der Waals surface area contributed by atoms with Gasteiger partial charge in [-0.1, -0.05) is 25.8 Å². The normalized spacial score (nSPS) is 30.6. The highest BCUT2D eigenvalue weighted by molar-refractivity contribution is 7.10. The van der Waals surface area contributed by atoms with Crippen molar-refractivity contribution in [1.29, 1.82) is 0 Å². The SMILES string of the molecule is CC1CCCC1C(Cl)c1cccs1. The quantitative estimate of drug-likeness (QED) is 0.638. The molecule has 13 heavy (non-hydrogen) atoms. The summed E-state index contributed by atoms with van der Waals surface area (Å²) in [6, 6.07) is 4.25. The van der Waals surface area contributed by atoms with E-state index in [0.717, 1.165) is 5.92 Å². The fourth-order valence-electron chi connectivity index (χ4n) is 2.27. The molecule has 0 aliphatic heterocycles.